The van der Waals surface area contributed by atoms with Gasteiger partial charge < -0.3 is 24.4 Å². The molecule has 0 bridgehead atoms. The standard InChI is InChI=1S/C23H26N4O4/c1-29-18-7-4-15(5-8-18)19-13-22(26-25-19)27-11-10-17(14-27)24-23(28)16-6-9-20(30-2)21(12-16)31-3/h4-9,12-13,17H,10-11,14H2,1-3H3,(H,24,28)(H,25,26)/t17-/m0/s1. The highest BCUT2D eigenvalue weighted by molar-refractivity contribution is 5.95. The first-order valence-electron chi connectivity index (χ1n) is 10.1. The highest BCUT2D eigenvalue weighted by Crippen LogP contribution is 2.28. The van der Waals surface area contributed by atoms with Gasteiger partial charge in [-0.1, -0.05) is 0 Å². The number of aromatic amines is 1. The molecule has 1 aliphatic rings. The van der Waals surface area contributed by atoms with E-state index in [1.54, 1.807) is 39.5 Å². The maximum absolute atomic E-state index is 12.7. The number of hydrogen-bond donors (Lipinski definition) is 2. The van der Waals surface area contributed by atoms with Crippen LogP contribution in [0.15, 0.2) is 48.5 Å². The van der Waals surface area contributed by atoms with E-state index in [9.17, 15) is 4.79 Å². The minimum atomic E-state index is -0.131. The van der Waals surface area contributed by atoms with Crippen molar-refractivity contribution in [2.75, 3.05) is 39.3 Å². The molecule has 31 heavy (non-hydrogen) atoms. The van der Waals surface area contributed by atoms with Crippen LogP contribution in [-0.2, 0) is 0 Å². The zero-order chi connectivity index (χ0) is 21.8. The molecule has 1 saturated heterocycles. The number of benzene rings is 2. The molecule has 4 rings (SSSR count). The highest BCUT2D eigenvalue weighted by Gasteiger charge is 2.26. The summed E-state index contributed by atoms with van der Waals surface area (Å²) >= 11 is 0. The van der Waals surface area contributed by atoms with Crippen LogP contribution in [0.25, 0.3) is 11.3 Å². The molecule has 2 aromatic carbocycles. The molecule has 0 spiro atoms. The molecular weight excluding hydrogens is 396 g/mol. The first kappa shape index (κ1) is 20.6. The second-order valence-corrected chi connectivity index (χ2v) is 7.34. The molecule has 1 aromatic heterocycles. The van der Waals surface area contributed by atoms with Crippen LogP contribution in [0.1, 0.15) is 16.8 Å². The minimum Gasteiger partial charge on any atom is -0.497 e. The van der Waals surface area contributed by atoms with Gasteiger partial charge in [0.2, 0.25) is 0 Å². The number of ether oxygens (including phenoxy) is 3. The van der Waals surface area contributed by atoms with Gasteiger partial charge in [0.05, 0.1) is 27.0 Å². The van der Waals surface area contributed by atoms with Crippen molar-refractivity contribution in [3.63, 3.8) is 0 Å². The fourth-order valence-electron chi connectivity index (χ4n) is 3.72. The average Bonchev–Trinajstić information content (AvgIpc) is 3.48. The number of anilines is 1. The maximum Gasteiger partial charge on any atom is 0.251 e. The Bertz CT molecular complexity index is 1050. The zero-order valence-electron chi connectivity index (χ0n) is 17.8. The molecule has 1 amide bonds. The summed E-state index contributed by atoms with van der Waals surface area (Å²) in [4.78, 5) is 14.9. The van der Waals surface area contributed by atoms with Gasteiger partial charge in [-0.25, -0.2) is 0 Å². The third-order valence-corrected chi connectivity index (χ3v) is 5.46. The van der Waals surface area contributed by atoms with Crippen LogP contribution in [-0.4, -0.2) is 56.6 Å². The maximum atomic E-state index is 12.7. The van der Waals surface area contributed by atoms with E-state index in [-0.39, 0.29) is 11.9 Å². The summed E-state index contributed by atoms with van der Waals surface area (Å²) < 4.78 is 15.7. The molecule has 3 aromatic rings. The summed E-state index contributed by atoms with van der Waals surface area (Å²) in [6, 6.07) is 15.1. The van der Waals surface area contributed by atoms with Crippen molar-refractivity contribution in [3.8, 4) is 28.5 Å². The number of nitrogens with zero attached hydrogens (tertiary/aromatic N) is 2. The lowest BCUT2D eigenvalue weighted by molar-refractivity contribution is 0.0940. The van der Waals surface area contributed by atoms with Crippen molar-refractivity contribution in [3.05, 3.63) is 54.1 Å². The second kappa shape index (κ2) is 8.99. The molecule has 0 unspecified atom stereocenters. The van der Waals surface area contributed by atoms with E-state index in [1.807, 2.05) is 30.3 Å². The normalized spacial score (nSPS) is 15.6. The van der Waals surface area contributed by atoms with Crippen LogP contribution < -0.4 is 24.4 Å². The number of carbonyl (C=O) groups excluding carboxylic acids is 1. The fraction of sp³-hybridized carbons (Fsp3) is 0.304. The van der Waals surface area contributed by atoms with Gasteiger partial charge in [-0.15, -0.1) is 0 Å². The van der Waals surface area contributed by atoms with Crippen molar-refractivity contribution in [1.29, 1.82) is 0 Å². The summed E-state index contributed by atoms with van der Waals surface area (Å²) in [6.45, 7) is 1.52. The van der Waals surface area contributed by atoms with E-state index in [1.165, 1.54) is 0 Å². The Hall–Kier alpha value is -3.68. The van der Waals surface area contributed by atoms with Crippen LogP contribution in [0.5, 0.6) is 17.2 Å². The molecule has 2 N–H and O–H groups in total. The Morgan fingerprint density at radius 3 is 2.52 bits per heavy atom. The quantitative estimate of drug-likeness (QED) is 0.608. The Morgan fingerprint density at radius 2 is 1.81 bits per heavy atom. The molecule has 2 heterocycles. The summed E-state index contributed by atoms with van der Waals surface area (Å²) in [7, 11) is 4.77. The molecule has 0 radical (unpaired) electrons. The molecule has 8 nitrogen and oxygen atoms in total. The first-order chi connectivity index (χ1) is 15.1. The third-order valence-electron chi connectivity index (χ3n) is 5.46. The van der Waals surface area contributed by atoms with Crippen LogP contribution in [0.2, 0.25) is 0 Å². The van der Waals surface area contributed by atoms with Gasteiger partial charge in [0, 0.05) is 30.8 Å². The van der Waals surface area contributed by atoms with Crippen molar-refractivity contribution in [2.24, 2.45) is 0 Å². The molecule has 1 aliphatic heterocycles. The van der Waals surface area contributed by atoms with E-state index in [0.717, 1.165) is 35.8 Å². The summed E-state index contributed by atoms with van der Waals surface area (Å²) in [5, 5.41) is 10.7. The van der Waals surface area contributed by atoms with Crippen LogP contribution in [0.4, 0.5) is 5.82 Å². The predicted molar refractivity (Wildman–Crippen MR) is 118 cm³/mol. The van der Waals surface area contributed by atoms with Crippen molar-refractivity contribution in [1.82, 2.24) is 15.5 Å². The van der Waals surface area contributed by atoms with E-state index >= 15 is 0 Å². The monoisotopic (exact) mass is 422 g/mol. The second-order valence-electron chi connectivity index (χ2n) is 7.34. The number of rotatable bonds is 7. The summed E-state index contributed by atoms with van der Waals surface area (Å²) in [5.41, 5.74) is 2.52. The topological polar surface area (TPSA) is 88.7 Å². The number of H-pyrrole nitrogens is 1. The smallest absolute Gasteiger partial charge is 0.251 e. The van der Waals surface area contributed by atoms with Crippen LogP contribution in [0, 0.1) is 0 Å². The van der Waals surface area contributed by atoms with E-state index in [4.69, 9.17) is 14.2 Å². The number of aromatic nitrogens is 2. The Balaban J connectivity index is 1.38. The highest BCUT2D eigenvalue weighted by atomic mass is 16.5. The van der Waals surface area contributed by atoms with Crippen LogP contribution in [0.3, 0.4) is 0 Å². The van der Waals surface area contributed by atoms with Gasteiger partial charge in [-0.3, -0.25) is 9.89 Å². The van der Waals surface area contributed by atoms with Gasteiger partial charge in [-0.05, 0) is 54.4 Å². The number of nitrogens with one attached hydrogen (secondary N) is 2. The number of carbonyl (C=O) groups is 1. The van der Waals surface area contributed by atoms with Crippen LogP contribution >= 0.6 is 0 Å². The van der Waals surface area contributed by atoms with Gasteiger partial charge >= 0.3 is 0 Å². The number of hydrogen-bond acceptors (Lipinski definition) is 6. The molecule has 8 heteroatoms. The average molecular weight is 422 g/mol. The fourth-order valence-corrected chi connectivity index (χ4v) is 3.72. The lowest BCUT2D eigenvalue weighted by atomic mass is 10.1. The first-order valence-corrected chi connectivity index (χ1v) is 10.1. The molecule has 0 saturated carbocycles. The number of methoxy groups -OCH3 is 3. The molecule has 1 fully saturated rings. The van der Waals surface area contributed by atoms with E-state index in [2.05, 4.69) is 20.4 Å². The summed E-state index contributed by atoms with van der Waals surface area (Å²) in [6.07, 6.45) is 0.851. The largest absolute Gasteiger partial charge is 0.497 e. The lowest BCUT2D eigenvalue weighted by Gasteiger charge is -2.16. The predicted octanol–water partition coefficient (Wildman–Crippen LogP) is 3.11. The minimum absolute atomic E-state index is 0.0433. The number of amides is 1. The zero-order valence-corrected chi connectivity index (χ0v) is 17.8. The Morgan fingerprint density at radius 1 is 1.03 bits per heavy atom. The molecule has 1 atom stereocenters. The Kier molecular flexibility index (Phi) is 5.97. The third kappa shape index (κ3) is 4.42. The van der Waals surface area contributed by atoms with E-state index < -0.39 is 0 Å². The molecule has 162 valence electrons. The van der Waals surface area contributed by atoms with Crippen molar-refractivity contribution >= 4 is 11.7 Å². The Labute approximate surface area is 181 Å². The molecule has 0 aliphatic carbocycles. The SMILES string of the molecule is COc1ccc(-c2cc(N3CC[C@H](NC(=O)c4ccc(OC)c(OC)c4)C3)n[nH]2)cc1. The molecular formula is C23H26N4O4. The van der Waals surface area contributed by atoms with Crippen molar-refractivity contribution < 1.29 is 19.0 Å². The van der Waals surface area contributed by atoms with E-state index in [0.29, 0.717) is 23.6 Å². The van der Waals surface area contributed by atoms with Gasteiger partial charge in [0.25, 0.3) is 5.91 Å². The van der Waals surface area contributed by atoms with Crippen molar-refractivity contribution in [2.45, 2.75) is 12.5 Å². The van der Waals surface area contributed by atoms with Gasteiger partial charge in [0.15, 0.2) is 17.3 Å². The van der Waals surface area contributed by atoms with Gasteiger partial charge in [-0.2, -0.15) is 5.10 Å². The summed E-state index contributed by atoms with van der Waals surface area (Å²) in [5.74, 6) is 2.68. The van der Waals surface area contributed by atoms with Gasteiger partial charge in [0.1, 0.15) is 5.75 Å². The lowest BCUT2D eigenvalue weighted by Crippen LogP contribution is -2.37.